The Balaban J connectivity index is 1.84. The second kappa shape index (κ2) is 5.52. The van der Waals surface area contributed by atoms with Crippen LogP contribution in [0.15, 0.2) is 22.6 Å². The number of hydrogen-bond acceptors (Lipinski definition) is 2. The average molecular weight is 331 g/mol. The number of carbonyl (C=O) groups is 1. The van der Waals surface area contributed by atoms with E-state index in [0.29, 0.717) is 11.8 Å². The zero-order chi connectivity index (χ0) is 11.4. The summed E-state index contributed by atoms with van der Waals surface area (Å²) in [5.74, 6) is 0.685. The Morgan fingerprint density at radius 1 is 1.44 bits per heavy atom. The molecular formula is C12H14INO2. The monoisotopic (exact) mass is 331 g/mol. The van der Waals surface area contributed by atoms with Gasteiger partial charge in [0.2, 0.25) is 5.91 Å². The number of carbonyl (C=O) groups excluding carboxylic acids is 1. The summed E-state index contributed by atoms with van der Waals surface area (Å²) in [5.41, 5.74) is 0. The summed E-state index contributed by atoms with van der Waals surface area (Å²) >= 11 is 2.10. The number of furan rings is 1. The number of rotatable bonds is 3. The Labute approximate surface area is 108 Å². The van der Waals surface area contributed by atoms with Crippen molar-refractivity contribution >= 4 is 34.6 Å². The van der Waals surface area contributed by atoms with Gasteiger partial charge in [0, 0.05) is 12.1 Å². The topological polar surface area (TPSA) is 42.2 Å². The highest BCUT2D eigenvalue weighted by Crippen LogP contribution is 2.17. The second-order valence-electron chi connectivity index (χ2n) is 3.97. The average Bonchev–Trinajstić information content (AvgIpc) is 2.87. The summed E-state index contributed by atoms with van der Waals surface area (Å²) in [4.78, 5) is 11.5. The van der Waals surface area contributed by atoms with Crippen LogP contribution in [0.1, 0.15) is 31.4 Å². The molecule has 1 saturated carbocycles. The van der Waals surface area contributed by atoms with Gasteiger partial charge in [-0.25, -0.2) is 0 Å². The number of nitrogens with one attached hydrogen (secondary N) is 1. The van der Waals surface area contributed by atoms with E-state index in [-0.39, 0.29) is 5.91 Å². The lowest BCUT2D eigenvalue weighted by atomic mass is 10.2. The van der Waals surface area contributed by atoms with Crippen molar-refractivity contribution in [1.82, 2.24) is 5.32 Å². The maximum atomic E-state index is 11.5. The molecule has 0 unspecified atom stereocenters. The largest absolute Gasteiger partial charge is 0.451 e. The van der Waals surface area contributed by atoms with Crippen molar-refractivity contribution < 1.29 is 9.21 Å². The van der Waals surface area contributed by atoms with Crippen molar-refractivity contribution in [2.24, 2.45) is 0 Å². The van der Waals surface area contributed by atoms with Crippen molar-refractivity contribution in [3.05, 3.63) is 27.7 Å². The van der Waals surface area contributed by atoms with Crippen LogP contribution in [0.25, 0.3) is 6.08 Å². The molecule has 0 atom stereocenters. The first kappa shape index (κ1) is 11.7. The van der Waals surface area contributed by atoms with Crippen molar-refractivity contribution in [3.8, 4) is 0 Å². The Bertz CT molecular complexity index is 391. The van der Waals surface area contributed by atoms with Crippen molar-refractivity contribution in [1.29, 1.82) is 0 Å². The lowest BCUT2D eigenvalue weighted by molar-refractivity contribution is -0.117. The van der Waals surface area contributed by atoms with Gasteiger partial charge in [-0.05, 0) is 53.6 Å². The quantitative estimate of drug-likeness (QED) is 0.684. The van der Waals surface area contributed by atoms with E-state index >= 15 is 0 Å². The molecule has 0 bridgehead atoms. The van der Waals surface area contributed by atoms with Gasteiger partial charge in [0.1, 0.15) is 5.76 Å². The summed E-state index contributed by atoms with van der Waals surface area (Å²) in [5, 5.41) is 2.99. The molecule has 0 radical (unpaired) electrons. The smallest absolute Gasteiger partial charge is 0.244 e. The van der Waals surface area contributed by atoms with Crippen LogP contribution in [0.5, 0.6) is 0 Å². The van der Waals surface area contributed by atoms with E-state index in [1.807, 2.05) is 12.1 Å². The van der Waals surface area contributed by atoms with Crippen LogP contribution in [0.3, 0.4) is 0 Å². The molecule has 0 aliphatic heterocycles. The Morgan fingerprint density at radius 3 is 2.81 bits per heavy atom. The van der Waals surface area contributed by atoms with Crippen LogP contribution >= 0.6 is 22.6 Å². The molecule has 1 aromatic heterocycles. The summed E-state index contributed by atoms with van der Waals surface area (Å²) in [6.07, 6.45) is 7.91. The minimum atomic E-state index is -0.0293. The van der Waals surface area contributed by atoms with Crippen LogP contribution in [-0.4, -0.2) is 11.9 Å². The Kier molecular flexibility index (Phi) is 4.04. The minimum Gasteiger partial charge on any atom is -0.451 e. The van der Waals surface area contributed by atoms with Gasteiger partial charge in [-0.2, -0.15) is 0 Å². The summed E-state index contributed by atoms with van der Waals surface area (Å²) in [7, 11) is 0. The van der Waals surface area contributed by atoms with E-state index in [0.717, 1.165) is 16.6 Å². The molecule has 3 nitrogen and oxygen atoms in total. The molecule has 2 rings (SSSR count). The first-order valence-electron chi connectivity index (χ1n) is 5.48. The summed E-state index contributed by atoms with van der Waals surface area (Å²) < 4.78 is 6.15. The third-order valence-electron chi connectivity index (χ3n) is 2.69. The number of amides is 1. The molecular weight excluding hydrogens is 317 g/mol. The van der Waals surface area contributed by atoms with Crippen molar-refractivity contribution in [3.63, 3.8) is 0 Å². The molecule has 1 aromatic rings. The molecule has 1 aliphatic carbocycles. The highest BCUT2D eigenvalue weighted by Gasteiger charge is 2.15. The van der Waals surface area contributed by atoms with E-state index in [1.165, 1.54) is 18.9 Å². The molecule has 0 aromatic carbocycles. The first-order chi connectivity index (χ1) is 7.74. The fraction of sp³-hybridized carbons (Fsp3) is 0.417. The molecule has 1 fully saturated rings. The normalized spacial score (nSPS) is 17.1. The number of halogens is 1. The minimum absolute atomic E-state index is 0.0293. The first-order valence-corrected chi connectivity index (χ1v) is 6.56. The fourth-order valence-electron chi connectivity index (χ4n) is 1.90. The zero-order valence-electron chi connectivity index (χ0n) is 8.91. The third kappa shape index (κ3) is 3.37. The SMILES string of the molecule is O=C(/C=C/c1ccc(I)o1)NC1CCCC1. The van der Waals surface area contributed by atoms with Gasteiger partial charge in [0.15, 0.2) is 3.77 Å². The molecule has 4 heteroatoms. The molecule has 1 amide bonds. The van der Waals surface area contributed by atoms with E-state index in [4.69, 9.17) is 4.42 Å². The van der Waals surface area contributed by atoms with Gasteiger partial charge in [-0.3, -0.25) is 4.79 Å². The molecule has 16 heavy (non-hydrogen) atoms. The second-order valence-corrected chi connectivity index (χ2v) is 5.03. The number of hydrogen-bond donors (Lipinski definition) is 1. The van der Waals surface area contributed by atoms with Gasteiger partial charge >= 0.3 is 0 Å². The van der Waals surface area contributed by atoms with Crippen LogP contribution in [0.2, 0.25) is 0 Å². The van der Waals surface area contributed by atoms with Crippen LogP contribution in [0, 0.1) is 3.77 Å². The fourth-order valence-corrected chi connectivity index (χ4v) is 2.33. The summed E-state index contributed by atoms with van der Waals surface area (Å²) in [6.45, 7) is 0. The Hall–Kier alpha value is -0.780. The van der Waals surface area contributed by atoms with E-state index in [9.17, 15) is 4.79 Å². The lowest BCUT2D eigenvalue weighted by Gasteiger charge is -2.08. The van der Waals surface area contributed by atoms with Crippen LogP contribution < -0.4 is 5.32 Å². The standard InChI is InChI=1S/C12H14INO2/c13-11-7-5-10(16-11)6-8-12(15)14-9-3-1-2-4-9/h5-9H,1-4H2,(H,14,15)/b8-6+. The maximum absolute atomic E-state index is 11.5. The lowest BCUT2D eigenvalue weighted by Crippen LogP contribution is -2.30. The molecule has 86 valence electrons. The van der Waals surface area contributed by atoms with E-state index in [1.54, 1.807) is 6.08 Å². The van der Waals surface area contributed by atoms with E-state index < -0.39 is 0 Å². The van der Waals surface area contributed by atoms with Crippen LogP contribution in [-0.2, 0) is 4.79 Å². The third-order valence-corrected chi connectivity index (χ3v) is 3.27. The Morgan fingerprint density at radius 2 is 2.19 bits per heavy atom. The predicted octanol–water partition coefficient (Wildman–Crippen LogP) is 2.96. The highest BCUT2D eigenvalue weighted by atomic mass is 127. The van der Waals surface area contributed by atoms with Gasteiger partial charge in [0.05, 0.1) is 0 Å². The van der Waals surface area contributed by atoms with E-state index in [2.05, 4.69) is 27.9 Å². The molecule has 0 spiro atoms. The van der Waals surface area contributed by atoms with Gasteiger partial charge in [-0.1, -0.05) is 12.8 Å². The van der Waals surface area contributed by atoms with Crippen molar-refractivity contribution in [2.45, 2.75) is 31.7 Å². The predicted molar refractivity (Wildman–Crippen MR) is 70.9 cm³/mol. The van der Waals surface area contributed by atoms with Gasteiger partial charge in [0.25, 0.3) is 0 Å². The van der Waals surface area contributed by atoms with Crippen LogP contribution in [0.4, 0.5) is 0 Å². The summed E-state index contributed by atoms with van der Waals surface area (Å²) in [6, 6.07) is 4.09. The maximum Gasteiger partial charge on any atom is 0.244 e. The zero-order valence-corrected chi connectivity index (χ0v) is 11.1. The van der Waals surface area contributed by atoms with Crippen molar-refractivity contribution in [2.75, 3.05) is 0 Å². The highest BCUT2D eigenvalue weighted by molar-refractivity contribution is 14.1. The molecule has 1 heterocycles. The molecule has 0 saturated heterocycles. The van der Waals surface area contributed by atoms with Gasteiger partial charge < -0.3 is 9.73 Å². The molecule has 1 aliphatic rings. The van der Waals surface area contributed by atoms with Gasteiger partial charge in [-0.15, -0.1) is 0 Å². The molecule has 1 N–H and O–H groups in total.